The minimum absolute atomic E-state index is 0.0152. The zero-order chi connectivity index (χ0) is 43.8. The van der Waals surface area contributed by atoms with Gasteiger partial charge in [0, 0.05) is 45.1 Å². The van der Waals surface area contributed by atoms with Crippen LogP contribution in [0.1, 0.15) is 97.8 Å². The number of amides is 1. The molecular weight excluding hydrogens is 772 g/mol. The summed E-state index contributed by atoms with van der Waals surface area (Å²) in [6, 6.07) is -1.43. The van der Waals surface area contributed by atoms with Gasteiger partial charge in [-0.1, -0.05) is 20.8 Å². The van der Waals surface area contributed by atoms with Crippen molar-refractivity contribution in [3.8, 4) is 0 Å². The number of hydrogen-bond acceptors (Lipinski definition) is 11. The second-order valence-electron chi connectivity index (χ2n) is 18.3. The maximum atomic E-state index is 13.5. The van der Waals surface area contributed by atoms with E-state index in [1.165, 1.54) is 4.90 Å². The topological polar surface area (TPSA) is 283 Å². The molecule has 18 nitrogen and oxygen atoms in total. The molecule has 0 radical (unpaired) electrons. The third kappa shape index (κ3) is 12.1. The normalized spacial score (nSPS) is 31.1. The average molecular weight is 839 g/mol. The molecule has 0 aliphatic heterocycles. The van der Waals surface area contributed by atoms with E-state index < -0.39 is 74.1 Å². The first-order chi connectivity index (χ1) is 27.6. The van der Waals surface area contributed by atoms with Gasteiger partial charge in [0.15, 0.2) is 0 Å². The van der Waals surface area contributed by atoms with Crippen molar-refractivity contribution in [1.29, 1.82) is 0 Å². The molecule has 0 saturated heterocycles. The van der Waals surface area contributed by atoms with Crippen LogP contribution < -0.4 is 5.32 Å². The first-order valence-electron chi connectivity index (χ1n) is 21.1. The van der Waals surface area contributed by atoms with Gasteiger partial charge >= 0.3 is 35.8 Å². The van der Waals surface area contributed by atoms with Gasteiger partial charge in [-0.2, -0.15) is 0 Å². The van der Waals surface area contributed by atoms with E-state index in [1.807, 2.05) is 0 Å². The number of aliphatic carboxylic acids is 6. The van der Waals surface area contributed by atoms with E-state index in [9.17, 15) is 69.3 Å². The summed E-state index contributed by atoms with van der Waals surface area (Å²) in [7, 11) is 0. The molecule has 18 heteroatoms. The number of hydrogen-bond donors (Lipinski definition) is 8. The summed E-state index contributed by atoms with van der Waals surface area (Å²) in [6.45, 7) is 3.51. The molecule has 0 aromatic rings. The molecule has 4 rings (SSSR count). The third-order valence-corrected chi connectivity index (χ3v) is 14.9. The van der Waals surface area contributed by atoms with Crippen molar-refractivity contribution in [2.45, 2.75) is 116 Å². The minimum atomic E-state index is -1.31. The van der Waals surface area contributed by atoms with Gasteiger partial charge in [-0.3, -0.25) is 48.3 Å². The quantitative estimate of drug-likeness (QED) is 0.0691. The fourth-order valence-corrected chi connectivity index (χ4v) is 12.1. The number of carbonyl (C=O) groups is 7. The number of carboxylic acid groups (broad SMARTS) is 6. The number of carbonyl (C=O) groups excluding carboxylic acids is 1. The molecule has 0 aromatic heterocycles. The number of fused-ring (bicyclic) bond motifs is 5. The van der Waals surface area contributed by atoms with E-state index in [4.69, 9.17) is 0 Å². The highest BCUT2D eigenvalue weighted by Gasteiger charge is 2.63. The van der Waals surface area contributed by atoms with Crippen molar-refractivity contribution >= 4 is 41.7 Å². The smallest absolute Gasteiger partial charge is 0.320 e. The van der Waals surface area contributed by atoms with Crippen LogP contribution in [0.4, 0.5) is 0 Å². The first-order valence-corrected chi connectivity index (χ1v) is 21.1. The highest BCUT2D eigenvalue weighted by molar-refractivity contribution is 5.79. The van der Waals surface area contributed by atoms with Crippen LogP contribution >= 0.6 is 0 Å². The van der Waals surface area contributed by atoms with Gasteiger partial charge < -0.3 is 41.1 Å². The van der Waals surface area contributed by atoms with Gasteiger partial charge in [0.2, 0.25) is 5.91 Å². The summed E-state index contributed by atoms with van der Waals surface area (Å²) in [5.41, 5.74) is -0.262. The van der Waals surface area contributed by atoms with Crippen LogP contribution in [0.15, 0.2) is 0 Å². The maximum Gasteiger partial charge on any atom is 0.320 e. The Kier molecular flexibility index (Phi) is 16.7. The molecule has 0 aromatic carbocycles. The van der Waals surface area contributed by atoms with E-state index >= 15 is 0 Å². The van der Waals surface area contributed by atoms with Gasteiger partial charge in [-0.15, -0.1) is 0 Å². The second kappa shape index (κ2) is 20.6. The Morgan fingerprint density at radius 1 is 0.661 bits per heavy atom. The molecule has 0 heterocycles. The predicted octanol–water partition coefficient (Wildman–Crippen LogP) is 2.08. The summed E-state index contributed by atoms with van der Waals surface area (Å²) in [5, 5.41) is 71.8. The molecule has 11 unspecified atom stereocenters. The largest absolute Gasteiger partial charge is 0.481 e. The van der Waals surface area contributed by atoms with Crippen molar-refractivity contribution in [2.24, 2.45) is 46.3 Å². The van der Waals surface area contributed by atoms with E-state index in [1.54, 1.807) is 0 Å². The number of aliphatic hydroxyl groups is 1. The highest BCUT2D eigenvalue weighted by atomic mass is 16.4. The Morgan fingerprint density at radius 2 is 1.22 bits per heavy atom. The van der Waals surface area contributed by atoms with Crippen LogP contribution in [-0.4, -0.2) is 163 Å². The Morgan fingerprint density at radius 3 is 1.73 bits per heavy atom. The van der Waals surface area contributed by atoms with Gasteiger partial charge in [0.1, 0.15) is 6.04 Å². The fraction of sp³-hybridized carbons (Fsp3) is 0.829. The number of nitrogens with zero attached hydrogens (tertiary/aromatic N) is 3. The molecule has 0 spiro atoms. The molecule has 11 atom stereocenters. The van der Waals surface area contributed by atoms with Crippen LogP contribution in [-0.2, 0) is 33.6 Å². The van der Waals surface area contributed by atoms with Crippen LogP contribution in [0, 0.1) is 46.3 Å². The lowest BCUT2D eigenvalue weighted by atomic mass is 9.43. The van der Waals surface area contributed by atoms with Crippen molar-refractivity contribution < 1.29 is 69.3 Å². The Balaban J connectivity index is 1.39. The summed E-state index contributed by atoms with van der Waals surface area (Å²) >= 11 is 0. The van der Waals surface area contributed by atoms with Crippen LogP contribution in [0.5, 0.6) is 0 Å². The molecule has 4 saturated carbocycles. The highest BCUT2D eigenvalue weighted by Crippen LogP contribution is 2.68. The van der Waals surface area contributed by atoms with Crippen molar-refractivity contribution in [3.05, 3.63) is 0 Å². The van der Waals surface area contributed by atoms with Gasteiger partial charge in [-0.05, 0) is 111 Å². The zero-order valence-electron chi connectivity index (χ0n) is 34.7. The van der Waals surface area contributed by atoms with Crippen molar-refractivity contribution in [2.75, 3.05) is 52.4 Å². The fourth-order valence-electron chi connectivity index (χ4n) is 12.1. The Hall–Kier alpha value is -3.87. The lowest BCUT2D eigenvalue weighted by Gasteiger charge is -2.62. The van der Waals surface area contributed by atoms with Crippen LogP contribution in [0.3, 0.4) is 0 Å². The molecule has 4 aliphatic rings. The van der Waals surface area contributed by atoms with Crippen molar-refractivity contribution in [3.63, 3.8) is 0 Å². The monoisotopic (exact) mass is 838 g/mol. The molecule has 4 fully saturated rings. The second-order valence-corrected chi connectivity index (χ2v) is 18.3. The number of nitrogens with one attached hydrogen (secondary N) is 1. The number of carboxylic acids is 6. The summed E-state index contributed by atoms with van der Waals surface area (Å²) in [6.07, 6.45) is 7.09. The SMILES string of the molecule is CC(CCC(=O)O)C1CCC2C3CCC4CC(NC(=O)CCC(C(=O)O)N(CCN(CC(=O)O)CC(=O)O)CCN(CC(=O)O)CC(=O)O)CCC4(C)C3CC(O)C12C. The standard InChI is InChI=1S/C41H66N4O14/c1-24(4-11-34(48)49)28-7-8-29-27-6-5-25-18-26(12-13-40(25,2)30(27)19-32(46)41(28,29)3)42-33(47)10-9-31(39(58)59)45(16-14-43(20-35(50)51)21-36(52)53)17-15-44(22-37(54)55)23-38(56)57/h24-32,46H,4-23H2,1-3H3,(H,42,47)(H,48,49)(H,50,51)(H,52,53)(H,54,55)(H,56,57)(H,58,59). The molecule has 8 N–H and O–H groups in total. The number of aliphatic hydroxyl groups excluding tert-OH is 1. The third-order valence-electron chi connectivity index (χ3n) is 14.9. The summed E-state index contributed by atoms with van der Waals surface area (Å²) in [4.78, 5) is 86.6. The predicted molar refractivity (Wildman–Crippen MR) is 210 cm³/mol. The Labute approximate surface area is 345 Å². The molecular formula is C41H66N4O14. The molecule has 4 aliphatic carbocycles. The maximum absolute atomic E-state index is 13.5. The van der Waals surface area contributed by atoms with Gasteiger partial charge in [-0.25, -0.2) is 0 Å². The van der Waals surface area contributed by atoms with E-state index in [-0.39, 0.29) is 80.1 Å². The Bertz CT molecular complexity index is 1470. The van der Waals surface area contributed by atoms with E-state index in [2.05, 4.69) is 26.1 Å². The molecule has 0 bridgehead atoms. The van der Waals surface area contributed by atoms with Crippen LogP contribution in [0.2, 0.25) is 0 Å². The minimum Gasteiger partial charge on any atom is -0.481 e. The van der Waals surface area contributed by atoms with E-state index in [0.29, 0.717) is 36.5 Å². The number of rotatable bonds is 24. The zero-order valence-corrected chi connectivity index (χ0v) is 34.7. The van der Waals surface area contributed by atoms with Crippen molar-refractivity contribution in [1.82, 2.24) is 20.0 Å². The lowest BCUT2D eigenvalue weighted by Crippen LogP contribution is -2.59. The molecule has 59 heavy (non-hydrogen) atoms. The van der Waals surface area contributed by atoms with Gasteiger partial charge in [0.05, 0.1) is 32.3 Å². The molecule has 334 valence electrons. The van der Waals surface area contributed by atoms with Gasteiger partial charge in [0.25, 0.3) is 0 Å². The summed E-state index contributed by atoms with van der Waals surface area (Å²) < 4.78 is 0. The molecule has 1 amide bonds. The average Bonchev–Trinajstić information content (AvgIpc) is 3.49. The lowest BCUT2D eigenvalue weighted by molar-refractivity contribution is -0.170. The first kappa shape index (κ1) is 47.8. The summed E-state index contributed by atoms with van der Waals surface area (Å²) in [5.74, 6) is -5.61. The van der Waals surface area contributed by atoms with Crippen LogP contribution in [0.25, 0.3) is 0 Å². The van der Waals surface area contributed by atoms with E-state index in [0.717, 1.165) is 54.7 Å².